The monoisotopic (exact) mass is 317 g/mol. The largest absolute Gasteiger partial charge is 0.395 e. The number of rotatable bonds is 6. The Morgan fingerprint density at radius 3 is 3.04 bits per heavy atom. The number of nitrogens with one attached hydrogen (secondary N) is 1. The van der Waals surface area contributed by atoms with Gasteiger partial charge in [0.1, 0.15) is 0 Å². The number of aromatic nitrogens is 3. The molecule has 1 aliphatic rings. The molecule has 1 atom stereocenters. The van der Waals surface area contributed by atoms with E-state index in [-0.39, 0.29) is 6.61 Å². The van der Waals surface area contributed by atoms with E-state index in [1.807, 2.05) is 23.7 Å². The van der Waals surface area contributed by atoms with Crippen molar-refractivity contribution in [2.24, 2.45) is 0 Å². The molecule has 2 N–H and O–H groups in total. The first kappa shape index (κ1) is 16.4. The predicted octanol–water partition coefficient (Wildman–Crippen LogP) is 1.28. The van der Waals surface area contributed by atoms with E-state index in [1.165, 1.54) is 12.8 Å². The Bertz CT molecular complexity index is 654. The minimum Gasteiger partial charge on any atom is -0.395 e. The van der Waals surface area contributed by atoms with Crippen molar-refractivity contribution >= 4 is 5.65 Å². The highest BCUT2D eigenvalue weighted by atomic mass is 16.3. The summed E-state index contributed by atoms with van der Waals surface area (Å²) in [6, 6.07) is 2.39. The van der Waals surface area contributed by atoms with Crippen molar-refractivity contribution in [3.05, 3.63) is 29.2 Å². The Morgan fingerprint density at radius 2 is 2.22 bits per heavy atom. The molecule has 0 radical (unpaired) electrons. The van der Waals surface area contributed by atoms with Crippen LogP contribution in [0.3, 0.4) is 0 Å². The average Bonchev–Trinajstić information content (AvgIpc) is 2.95. The van der Waals surface area contributed by atoms with E-state index in [0.717, 1.165) is 55.2 Å². The second-order valence-electron chi connectivity index (χ2n) is 6.49. The molecule has 3 rings (SSSR count). The van der Waals surface area contributed by atoms with Gasteiger partial charge in [-0.1, -0.05) is 6.42 Å². The van der Waals surface area contributed by atoms with E-state index >= 15 is 0 Å². The molecule has 2 aromatic heterocycles. The number of hydrogen-bond acceptors (Lipinski definition) is 5. The first-order valence-electron chi connectivity index (χ1n) is 8.55. The van der Waals surface area contributed by atoms with Gasteiger partial charge in [-0.2, -0.15) is 5.10 Å². The zero-order valence-corrected chi connectivity index (χ0v) is 14.1. The Balaban J connectivity index is 1.55. The van der Waals surface area contributed by atoms with E-state index in [1.54, 1.807) is 0 Å². The van der Waals surface area contributed by atoms with E-state index in [2.05, 4.69) is 27.2 Å². The summed E-state index contributed by atoms with van der Waals surface area (Å²) in [4.78, 5) is 7.01. The van der Waals surface area contributed by atoms with E-state index in [9.17, 15) is 5.11 Å². The van der Waals surface area contributed by atoms with Crippen LogP contribution in [0.25, 0.3) is 5.65 Å². The molecule has 1 saturated heterocycles. The van der Waals surface area contributed by atoms with Crippen LogP contribution < -0.4 is 5.32 Å². The maximum absolute atomic E-state index is 9.46. The van der Waals surface area contributed by atoms with Gasteiger partial charge in [0.05, 0.1) is 12.8 Å². The van der Waals surface area contributed by atoms with Gasteiger partial charge in [-0.05, 0) is 39.3 Å². The van der Waals surface area contributed by atoms with Gasteiger partial charge in [-0.25, -0.2) is 9.50 Å². The first-order valence-corrected chi connectivity index (χ1v) is 8.55. The van der Waals surface area contributed by atoms with Crippen LogP contribution in [0.4, 0.5) is 0 Å². The molecule has 1 fully saturated rings. The SMILES string of the molecule is Cc1cc(C)n2ncc(CNCCN3CCCCC3CO)c2n1. The molecular weight excluding hydrogens is 290 g/mol. The highest BCUT2D eigenvalue weighted by molar-refractivity contribution is 5.47. The number of likely N-dealkylation sites (tertiary alicyclic amines) is 1. The molecule has 23 heavy (non-hydrogen) atoms. The minimum absolute atomic E-state index is 0.274. The number of piperidine rings is 1. The summed E-state index contributed by atoms with van der Waals surface area (Å²) >= 11 is 0. The zero-order valence-electron chi connectivity index (χ0n) is 14.1. The van der Waals surface area contributed by atoms with Gasteiger partial charge in [0.25, 0.3) is 0 Å². The quantitative estimate of drug-likeness (QED) is 0.786. The van der Waals surface area contributed by atoms with Crippen LogP contribution in [0.15, 0.2) is 12.3 Å². The van der Waals surface area contributed by atoms with Crippen LogP contribution in [0.2, 0.25) is 0 Å². The average molecular weight is 317 g/mol. The molecular formula is C17H27N5O. The van der Waals surface area contributed by atoms with Crippen molar-refractivity contribution < 1.29 is 5.11 Å². The van der Waals surface area contributed by atoms with Gasteiger partial charge in [0.15, 0.2) is 5.65 Å². The van der Waals surface area contributed by atoms with Gasteiger partial charge >= 0.3 is 0 Å². The molecule has 6 nitrogen and oxygen atoms in total. The van der Waals surface area contributed by atoms with Gasteiger partial charge in [0, 0.05) is 42.6 Å². The van der Waals surface area contributed by atoms with Crippen LogP contribution in [0, 0.1) is 13.8 Å². The fourth-order valence-electron chi connectivity index (χ4n) is 3.45. The fraction of sp³-hybridized carbons (Fsp3) is 0.647. The Labute approximate surface area is 137 Å². The van der Waals surface area contributed by atoms with E-state index in [4.69, 9.17) is 0 Å². The standard InChI is InChI=1S/C17H27N5O/c1-13-9-14(2)22-17(20-13)15(11-19-22)10-18-6-8-21-7-4-3-5-16(21)12-23/h9,11,16,18,23H,3-8,10,12H2,1-2H3. The molecule has 0 amide bonds. The molecule has 1 unspecified atom stereocenters. The fourth-order valence-corrected chi connectivity index (χ4v) is 3.45. The van der Waals surface area contributed by atoms with Crippen molar-refractivity contribution in [3.63, 3.8) is 0 Å². The highest BCUT2D eigenvalue weighted by Crippen LogP contribution is 2.16. The van der Waals surface area contributed by atoms with Crippen LogP contribution in [-0.4, -0.2) is 56.9 Å². The number of hydrogen-bond donors (Lipinski definition) is 2. The summed E-state index contributed by atoms with van der Waals surface area (Å²) < 4.78 is 1.90. The second-order valence-corrected chi connectivity index (χ2v) is 6.49. The van der Waals surface area contributed by atoms with Crippen LogP contribution >= 0.6 is 0 Å². The highest BCUT2D eigenvalue weighted by Gasteiger charge is 2.20. The molecule has 2 aromatic rings. The summed E-state index contributed by atoms with van der Waals surface area (Å²) in [6.45, 7) is 8.12. The van der Waals surface area contributed by atoms with Gasteiger partial charge in [-0.15, -0.1) is 0 Å². The van der Waals surface area contributed by atoms with Crippen molar-refractivity contribution in [2.45, 2.75) is 45.7 Å². The van der Waals surface area contributed by atoms with Crippen LogP contribution in [-0.2, 0) is 6.54 Å². The number of nitrogens with zero attached hydrogens (tertiary/aromatic N) is 4. The lowest BCUT2D eigenvalue weighted by Gasteiger charge is -2.34. The number of aliphatic hydroxyl groups is 1. The minimum atomic E-state index is 0.274. The molecule has 1 aliphatic heterocycles. The van der Waals surface area contributed by atoms with Gasteiger partial charge < -0.3 is 10.4 Å². The summed E-state index contributed by atoms with van der Waals surface area (Å²) in [5, 5.41) is 17.4. The maximum Gasteiger partial charge on any atom is 0.159 e. The molecule has 0 saturated carbocycles. The lowest BCUT2D eigenvalue weighted by Crippen LogP contribution is -2.44. The van der Waals surface area contributed by atoms with Gasteiger partial charge in [-0.3, -0.25) is 4.90 Å². The molecule has 0 bridgehead atoms. The third-order valence-corrected chi connectivity index (χ3v) is 4.70. The maximum atomic E-state index is 9.46. The van der Waals surface area contributed by atoms with Crippen LogP contribution in [0.1, 0.15) is 36.2 Å². The lowest BCUT2D eigenvalue weighted by atomic mass is 10.0. The number of aryl methyl sites for hydroxylation is 2. The van der Waals surface area contributed by atoms with Crippen molar-refractivity contribution in [1.82, 2.24) is 24.8 Å². The topological polar surface area (TPSA) is 65.7 Å². The summed E-state index contributed by atoms with van der Waals surface area (Å²) in [5.74, 6) is 0. The van der Waals surface area contributed by atoms with Gasteiger partial charge in [0.2, 0.25) is 0 Å². The van der Waals surface area contributed by atoms with Crippen molar-refractivity contribution in [1.29, 1.82) is 0 Å². The zero-order chi connectivity index (χ0) is 16.2. The molecule has 3 heterocycles. The Hall–Kier alpha value is -1.50. The summed E-state index contributed by atoms with van der Waals surface area (Å²) in [6.07, 6.45) is 5.50. The van der Waals surface area contributed by atoms with Crippen molar-refractivity contribution in [3.8, 4) is 0 Å². The van der Waals surface area contributed by atoms with E-state index in [0.29, 0.717) is 6.04 Å². The normalized spacial score (nSPS) is 19.5. The molecule has 126 valence electrons. The predicted molar refractivity (Wildman–Crippen MR) is 90.5 cm³/mol. The smallest absolute Gasteiger partial charge is 0.159 e. The Morgan fingerprint density at radius 1 is 1.35 bits per heavy atom. The van der Waals surface area contributed by atoms with Crippen molar-refractivity contribution in [2.75, 3.05) is 26.2 Å². The number of aliphatic hydroxyl groups excluding tert-OH is 1. The molecule has 0 spiro atoms. The third-order valence-electron chi connectivity index (χ3n) is 4.70. The van der Waals surface area contributed by atoms with Crippen LogP contribution in [0.5, 0.6) is 0 Å². The molecule has 0 aliphatic carbocycles. The number of fused-ring (bicyclic) bond motifs is 1. The second kappa shape index (κ2) is 7.38. The summed E-state index contributed by atoms with van der Waals surface area (Å²) in [7, 11) is 0. The molecule has 0 aromatic carbocycles. The third kappa shape index (κ3) is 3.71. The summed E-state index contributed by atoms with van der Waals surface area (Å²) in [5.41, 5.74) is 4.21. The Kier molecular flexibility index (Phi) is 5.25. The molecule has 6 heteroatoms. The van der Waals surface area contributed by atoms with E-state index < -0.39 is 0 Å². The first-order chi connectivity index (χ1) is 11.2. The lowest BCUT2D eigenvalue weighted by molar-refractivity contribution is 0.0910.